The molecule has 6 nitrogen and oxygen atoms in total. The Morgan fingerprint density at radius 2 is 2.00 bits per heavy atom. The van der Waals surface area contributed by atoms with Crippen LogP contribution in [0.15, 0.2) is 36.7 Å². The zero-order valence-corrected chi connectivity index (χ0v) is 10.7. The van der Waals surface area contributed by atoms with Gasteiger partial charge in [-0.15, -0.1) is 0 Å². The van der Waals surface area contributed by atoms with Crippen LogP contribution in [-0.2, 0) is 14.1 Å². The summed E-state index contributed by atoms with van der Waals surface area (Å²) in [6.07, 6.45) is 3.39. The fraction of sp³-hybridized carbons (Fsp3) is 0.154. The first-order chi connectivity index (χ1) is 9.15. The number of benzene rings is 1. The van der Waals surface area contributed by atoms with Crippen LogP contribution in [0.3, 0.4) is 0 Å². The van der Waals surface area contributed by atoms with Crippen molar-refractivity contribution in [2.45, 2.75) is 0 Å². The maximum atomic E-state index is 12.1. The molecule has 96 valence electrons. The maximum Gasteiger partial charge on any atom is 0.273 e. The SMILES string of the molecule is Cn1nccc1C(=O)Nc1ccc2cnn(C)c2c1. The number of hydrogen-bond donors (Lipinski definition) is 1. The smallest absolute Gasteiger partial charge is 0.273 e. The van der Waals surface area contributed by atoms with E-state index in [1.165, 1.54) is 4.68 Å². The molecule has 0 saturated carbocycles. The Morgan fingerprint density at radius 1 is 1.16 bits per heavy atom. The highest BCUT2D eigenvalue weighted by atomic mass is 16.2. The van der Waals surface area contributed by atoms with Gasteiger partial charge in [0.25, 0.3) is 5.91 Å². The number of carbonyl (C=O) groups excluding carboxylic acids is 1. The van der Waals surface area contributed by atoms with Crippen molar-refractivity contribution in [2.75, 3.05) is 5.32 Å². The van der Waals surface area contributed by atoms with Crippen molar-refractivity contribution in [3.63, 3.8) is 0 Å². The summed E-state index contributed by atoms with van der Waals surface area (Å²) in [5.74, 6) is -0.179. The molecule has 0 aliphatic rings. The first kappa shape index (κ1) is 11.5. The van der Waals surface area contributed by atoms with Gasteiger partial charge in [-0.25, -0.2) is 0 Å². The van der Waals surface area contributed by atoms with E-state index in [-0.39, 0.29) is 5.91 Å². The van der Waals surface area contributed by atoms with Gasteiger partial charge in [0.05, 0.1) is 11.7 Å². The summed E-state index contributed by atoms with van der Waals surface area (Å²) in [5.41, 5.74) is 2.23. The molecule has 2 heterocycles. The lowest BCUT2D eigenvalue weighted by Gasteiger charge is -2.06. The van der Waals surface area contributed by atoms with Gasteiger partial charge in [0.2, 0.25) is 0 Å². The summed E-state index contributed by atoms with van der Waals surface area (Å²) in [6, 6.07) is 7.37. The molecule has 3 rings (SSSR count). The molecule has 6 heteroatoms. The Balaban J connectivity index is 1.91. The van der Waals surface area contributed by atoms with E-state index in [2.05, 4.69) is 15.5 Å². The van der Waals surface area contributed by atoms with Gasteiger partial charge in [0.15, 0.2) is 0 Å². The van der Waals surface area contributed by atoms with Crippen molar-refractivity contribution in [1.82, 2.24) is 19.6 Å². The number of amides is 1. The molecule has 0 fully saturated rings. The van der Waals surface area contributed by atoms with Gasteiger partial charge < -0.3 is 5.32 Å². The molecule has 0 radical (unpaired) electrons. The molecular weight excluding hydrogens is 242 g/mol. The number of anilines is 1. The molecular formula is C13H13N5O. The second-order valence-corrected chi connectivity index (χ2v) is 4.34. The fourth-order valence-electron chi connectivity index (χ4n) is 2.01. The van der Waals surface area contributed by atoms with Crippen molar-refractivity contribution in [1.29, 1.82) is 0 Å². The van der Waals surface area contributed by atoms with E-state index in [1.807, 2.05) is 25.2 Å². The van der Waals surface area contributed by atoms with Crippen LogP contribution in [0.4, 0.5) is 5.69 Å². The van der Waals surface area contributed by atoms with Crippen LogP contribution >= 0.6 is 0 Å². The Morgan fingerprint density at radius 3 is 2.74 bits per heavy atom. The number of rotatable bonds is 2. The van der Waals surface area contributed by atoms with Gasteiger partial charge in [-0.2, -0.15) is 10.2 Å². The molecule has 0 aliphatic carbocycles. The molecule has 0 bridgehead atoms. The third-order valence-corrected chi connectivity index (χ3v) is 3.06. The normalized spacial score (nSPS) is 10.8. The van der Waals surface area contributed by atoms with Crippen molar-refractivity contribution in [2.24, 2.45) is 14.1 Å². The number of carbonyl (C=O) groups is 1. The predicted octanol–water partition coefficient (Wildman–Crippen LogP) is 1.56. The van der Waals surface area contributed by atoms with E-state index in [0.29, 0.717) is 5.69 Å². The van der Waals surface area contributed by atoms with Gasteiger partial charge in [-0.1, -0.05) is 0 Å². The summed E-state index contributed by atoms with van der Waals surface area (Å²) < 4.78 is 3.31. The minimum atomic E-state index is -0.179. The predicted molar refractivity (Wildman–Crippen MR) is 71.9 cm³/mol. The number of aromatic nitrogens is 4. The van der Waals surface area contributed by atoms with E-state index in [0.717, 1.165) is 16.6 Å². The van der Waals surface area contributed by atoms with Crippen molar-refractivity contribution in [3.8, 4) is 0 Å². The molecule has 0 spiro atoms. The minimum Gasteiger partial charge on any atom is -0.321 e. The minimum absolute atomic E-state index is 0.179. The third-order valence-electron chi connectivity index (χ3n) is 3.06. The summed E-state index contributed by atoms with van der Waals surface area (Å²) in [6.45, 7) is 0. The quantitative estimate of drug-likeness (QED) is 0.755. The van der Waals surface area contributed by atoms with Gasteiger partial charge in [0, 0.05) is 31.4 Å². The molecule has 0 saturated heterocycles. The number of aryl methyl sites for hydroxylation is 2. The van der Waals surface area contributed by atoms with Crippen molar-refractivity contribution in [3.05, 3.63) is 42.4 Å². The van der Waals surface area contributed by atoms with E-state index in [9.17, 15) is 4.79 Å². The first-order valence-corrected chi connectivity index (χ1v) is 5.86. The average molecular weight is 255 g/mol. The van der Waals surface area contributed by atoms with Crippen LogP contribution in [0.25, 0.3) is 10.9 Å². The molecule has 3 aromatic rings. The highest BCUT2D eigenvalue weighted by Gasteiger charge is 2.10. The van der Waals surface area contributed by atoms with Gasteiger partial charge >= 0.3 is 0 Å². The van der Waals surface area contributed by atoms with E-state index in [4.69, 9.17) is 0 Å². The number of hydrogen-bond acceptors (Lipinski definition) is 3. The lowest BCUT2D eigenvalue weighted by atomic mass is 10.2. The van der Waals surface area contributed by atoms with Crippen LogP contribution in [0.5, 0.6) is 0 Å². The van der Waals surface area contributed by atoms with Crippen LogP contribution in [0.1, 0.15) is 10.5 Å². The first-order valence-electron chi connectivity index (χ1n) is 5.86. The Hall–Kier alpha value is -2.63. The number of nitrogens with one attached hydrogen (secondary N) is 1. The van der Waals surface area contributed by atoms with E-state index >= 15 is 0 Å². The molecule has 0 atom stereocenters. The van der Waals surface area contributed by atoms with Crippen LogP contribution in [0.2, 0.25) is 0 Å². The molecule has 19 heavy (non-hydrogen) atoms. The number of nitrogens with zero attached hydrogens (tertiary/aromatic N) is 4. The van der Waals surface area contributed by atoms with Gasteiger partial charge in [-0.05, 0) is 24.3 Å². The van der Waals surface area contributed by atoms with Gasteiger partial charge in [0.1, 0.15) is 5.69 Å². The second-order valence-electron chi connectivity index (χ2n) is 4.34. The molecule has 0 aliphatic heterocycles. The Bertz CT molecular complexity index is 755. The summed E-state index contributed by atoms with van der Waals surface area (Å²) >= 11 is 0. The largest absolute Gasteiger partial charge is 0.321 e. The molecule has 1 aromatic carbocycles. The summed E-state index contributed by atoms with van der Waals surface area (Å²) in [4.78, 5) is 12.1. The fourth-order valence-corrected chi connectivity index (χ4v) is 2.01. The van der Waals surface area contributed by atoms with E-state index in [1.54, 1.807) is 30.2 Å². The molecule has 2 aromatic heterocycles. The second kappa shape index (κ2) is 4.24. The average Bonchev–Trinajstić information content (AvgIpc) is 2.97. The maximum absolute atomic E-state index is 12.1. The Kier molecular flexibility index (Phi) is 2.56. The Labute approximate surface area is 109 Å². The summed E-state index contributed by atoms with van der Waals surface area (Å²) in [7, 11) is 3.61. The third kappa shape index (κ3) is 1.97. The molecule has 1 amide bonds. The van der Waals surface area contributed by atoms with Crippen LogP contribution in [-0.4, -0.2) is 25.5 Å². The number of fused-ring (bicyclic) bond motifs is 1. The standard InChI is InChI=1S/C13H13N5O/c1-17-11(5-6-14-17)13(19)16-10-4-3-9-8-15-18(2)12(9)7-10/h3-8H,1-2H3,(H,16,19). The lowest BCUT2D eigenvalue weighted by Crippen LogP contribution is -2.16. The summed E-state index contributed by atoms with van der Waals surface area (Å²) in [5, 5.41) is 12.0. The monoisotopic (exact) mass is 255 g/mol. The highest BCUT2D eigenvalue weighted by Crippen LogP contribution is 2.18. The van der Waals surface area contributed by atoms with Crippen molar-refractivity contribution < 1.29 is 4.79 Å². The van der Waals surface area contributed by atoms with Crippen LogP contribution < -0.4 is 5.32 Å². The van der Waals surface area contributed by atoms with E-state index < -0.39 is 0 Å². The van der Waals surface area contributed by atoms with Gasteiger partial charge in [-0.3, -0.25) is 14.2 Å². The van der Waals surface area contributed by atoms with Crippen molar-refractivity contribution >= 4 is 22.5 Å². The topological polar surface area (TPSA) is 64.7 Å². The molecule has 0 unspecified atom stereocenters. The molecule has 1 N–H and O–H groups in total. The lowest BCUT2D eigenvalue weighted by molar-refractivity contribution is 0.101. The zero-order chi connectivity index (χ0) is 13.4. The highest BCUT2D eigenvalue weighted by molar-refractivity contribution is 6.03. The van der Waals surface area contributed by atoms with Crippen LogP contribution in [0, 0.1) is 0 Å². The zero-order valence-electron chi connectivity index (χ0n) is 10.7.